The second-order valence-corrected chi connectivity index (χ2v) is 4.32. The van der Waals surface area contributed by atoms with Crippen LogP contribution in [-0.4, -0.2) is 36.1 Å². The third-order valence-electron chi connectivity index (χ3n) is 2.49. The number of carbonyl (C=O) groups excluding carboxylic acids is 1. The van der Waals surface area contributed by atoms with E-state index in [9.17, 15) is 18.4 Å². The molecule has 2 atom stereocenters. The maximum atomic E-state index is 11.8. The fourth-order valence-electron chi connectivity index (χ4n) is 1.37. The number of rotatable bonds is 8. The zero-order valence-corrected chi connectivity index (χ0v) is 10.6. The van der Waals surface area contributed by atoms with Gasteiger partial charge in [-0.3, -0.25) is 4.79 Å². The van der Waals surface area contributed by atoms with Crippen LogP contribution in [-0.2, 0) is 4.79 Å². The molecule has 0 spiro atoms. The van der Waals surface area contributed by atoms with Gasteiger partial charge in [0.05, 0.1) is 12.5 Å². The van der Waals surface area contributed by atoms with Gasteiger partial charge < -0.3 is 15.7 Å². The van der Waals surface area contributed by atoms with Crippen molar-refractivity contribution in [3.63, 3.8) is 0 Å². The number of hydrogen-bond acceptors (Lipinski definition) is 2. The lowest BCUT2D eigenvalue weighted by Crippen LogP contribution is -2.42. The number of aliphatic carboxylic acids is 1. The van der Waals surface area contributed by atoms with Gasteiger partial charge in [0.25, 0.3) is 6.43 Å². The van der Waals surface area contributed by atoms with Crippen molar-refractivity contribution in [2.45, 2.75) is 45.6 Å². The van der Waals surface area contributed by atoms with Crippen LogP contribution in [0.5, 0.6) is 0 Å². The van der Waals surface area contributed by atoms with Crippen LogP contribution in [0.15, 0.2) is 0 Å². The Morgan fingerprint density at radius 2 is 1.83 bits per heavy atom. The summed E-state index contributed by atoms with van der Waals surface area (Å²) >= 11 is 0. The van der Waals surface area contributed by atoms with Gasteiger partial charge in [-0.2, -0.15) is 0 Å². The lowest BCUT2D eigenvalue weighted by atomic mass is 10.0. The molecular weight excluding hydrogens is 246 g/mol. The Morgan fingerprint density at radius 1 is 1.22 bits per heavy atom. The minimum absolute atomic E-state index is 0.177. The smallest absolute Gasteiger partial charge is 0.315 e. The van der Waals surface area contributed by atoms with E-state index in [1.807, 2.05) is 5.32 Å². The molecule has 2 unspecified atom stereocenters. The van der Waals surface area contributed by atoms with Crippen LogP contribution in [0.4, 0.5) is 13.6 Å². The molecule has 0 radical (unpaired) electrons. The summed E-state index contributed by atoms with van der Waals surface area (Å²) < 4.78 is 23.6. The molecular formula is C11H20F2N2O3. The summed E-state index contributed by atoms with van der Waals surface area (Å²) in [7, 11) is 0. The van der Waals surface area contributed by atoms with E-state index in [2.05, 4.69) is 5.32 Å². The first-order valence-corrected chi connectivity index (χ1v) is 5.88. The summed E-state index contributed by atoms with van der Waals surface area (Å²) in [5.74, 6) is -1.25. The topological polar surface area (TPSA) is 78.4 Å². The highest BCUT2D eigenvalue weighted by Gasteiger charge is 2.12. The van der Waals surface area contributed by atoms with Crippen LogP contribution >= 0.6 is 0 Å². The van der Waals surface area contributed by atoms with Gasteiger partial charge in [-0.25, -0.2) is 13.6 Å². The number of urea groups is 1. The Hall–Kier alpha value is -1.40. The molecule has 0 saturated heterocycles. The van der Waals surface area contributed by atoms with E-state index >= 15 is 0 Å². The molecule has 0 aliphatic carbocycles. The van der Waals surface area contributed by atoms with E-state index in [4.69, 9.17) is 5.11 Å². The quantitative estimate of drug-likeness (QED) is 0.627. The first-order valence-electron chi connectivity index (χ1n) is 5.88. The Bertz CT molecular complexity index is 275. The standard InChI is InChI=1S/C11H20F2N2O3/c1-7(10(16)17)4-3-5-8(2)15-11(18)14-6-9(12)13/h7-9H,3-6H2,1-2H3,(H,16,17)(H2,14,15,18). The average molecular weight is 266 g/mol. The predicted molar refractivity (Wildman–Crippen MR) is 62.7 cm³/mol. The largest absolute Gasteiger partial charge is 0.481 e. The van der Waals surface area contributed by atoms with Crippen molar-refractivity contribution in [3.05, 3.63) is 0 Å². The van der Waals surface area contributed by atoms with Crippen molar-refractivity contribution in [2.24, 2.45) is 5.92 Å². The third-order valence-corrected chi connectivity index (χ3v) is 2.49. The Balaban J connectivity index is 3.67. The summed E-state index contributed by atoms with van der Waals surface area (Å²) in [5, 5.41) is 13.2. The zero-order chi connectivity index (χ0) is 14.1. The first kappa shape index (κ1) is 16.6. The number of carbonyl (C=O) groups is 2. The van der Waals surface area contributed by atoms with Crippen molar-refractivity contribution < 1.29 is 23.5 Å². The molecule has 5 nitrogen and oxygen atoms in total. The zero-order valence-electron chi connectivity index (χ0n) is 10.6. The van der Waals surface area contributed by atoms with Crippen molar-refractivity contribution >= 4 is 12.0 Å². The average Bonchev–Trinajstić information content (AvgIpc) is 2.25. The van der Waals surface area contributed by atoms with E-state index in [1.54, 1.807) is 13.8 Å². The van der Waals surface area contributed by atoms with E-state index in [1.165, 1.54) is 0 Å². The van der Waals surface area contributed by atoms with Crippen LogP contribution in [0.2, 0.25) is 0 Å². The van der Waals surface area contributed by atoms with Crippen LogP contribution in [0.1, 0.15) is 33.1 Å². The maximum Gasteiger partial charge on any atom is 0.315 e. The van der Waals surface area contributed by atoms with Crippen LogP contribution in [0, 0.1) is 5.92 Å². The highest BCUT2D eigenvalue weighted by molar-refractivity contribution is 5.74. The number of halogens is 2. The first-order chi connectivity index (χ1) is 8.32. The van der Waals surface area contributed by atoms with Crippen molar-refractivity contribution in [1.82, 2.24) is 10.6 Å². The summed E-state index contributed by atoms with van der Waals surface area (Å²) in [5.41, 5.74) is 0. The molecule has 0 aliphatic rings. The number of alkyl halides is 2. The van der Waals surface area contributed by atoms with Gasteiger partial charge in [0.2, 0.25) is 0 Å². The molecule has 0 rings (SSSR count). The minimum Gasteiger partial charge on any atom is -0.481 e. The molecule has 0 bridgehead atoms. The molecule has 0 aliphatic heterocycles. The lowest BCUT2D eigenvalue weighted by molar-refractivity contribution is -0.141. The Kier molecular flexibility index (Phi) is 7.98. The van der Waals surface area contributed by atoms with Gasteiger partial charge in [-0.15, -0.1) is 0 Å². The molecule has 0 heterocycles. The molecule has 7 heteroatoms. The SMILES string of the molecule is CC(CCCC(C)C(=O)O)NC(=O)NCC(F)F. The van der Waals surface area contributed by atoms with Gasteiger partial charge >= 0.3 is 12.0 Å². The second-order valence-electron chi connectivity index (χ2n) is 4.32. The monoisotopic (exact) mass is 266 g/mol. The normalized spacial score (nSPS) is 14.1. The second kappa shape index (κ2) is 8.66. The maximum absolute atomic E-state index is 11.8. The number of amides is 2. The fraction of sp³-hybridized carbons (Fsp3) is 0.818. The Morgan fingerprint density at radius 3 is 2.33 bits per heavy atom. The van der Waals surface area contributed by atoms with Gasteiger partial charge in [0, 0.05) is 6.04 Å². The predicted octanol–water partition coefficient (Wildman–Crippen LogP) is 1.83. The summed E-state index contributed by atoms with van der Waals surface area (Å²) in [6, 6.07) is -0.808. The molecule has 2 amide bonds. The van der Waals surface area contributed by atoms with Crippen molar-refractivity contribution in [1.29, 1.82) is 0 Å². The number of nitrogens with one attached hydrogen (secondary N) is 2. The minimum atomic E-state index is -2.57. The molecule has 3 N–H and O–H groups in total. The van der Waals surface area contributed by atoms with Gasteiger partial charge in [0.1, 0.15) is 0 Å². The molecule has 0 aromatic carbocycles. The van der Waals surface area contributed by atoms with Crippen LogP contribution in [0.3, 0.4) is 0 Å². The molecule has 0 fully saturated rings. The summed E-state index contributed by atoms with van der Waals surface area (Å²) in [6.07, 6.45) is -0.772. The van der Waals surface area contributed by atoms with Gasteiger partial charge in [0.15, 0.2) is 0 Å². The van der Waals surface area contributed by atoms with E-state index in [0.717, 1.165) is 0 Å². The number of hydrogen-bond donors (Lipinski definition) is 3. The third kappa shape index (κ3) is 8.72. The Labute approximate surface area is 105 Å². The molecule has 106 valence electrons. The molecule has 0 aromatic heterocycles. The summed E-state index contributed by atoms with van der Waals surface area (Å²) in [6.45, 7) is 2.69. The molecule has 0 aromatic rings. The van der Waals surface area contributed by atoms with Crippen molar-refractivity contribution in [3.8, 4) is 0 Å². The fourth-order valence-corrected chi connectivity index (χ4v) is 1.37. The van der Waals surface area contributed by atoms with Crippen LogP contribution < -0.4 is 10.6 Å². The molecule has 18 heavy (non-hydrogen) atoms. The van der Waals surface area contributed by atoms with Crippen molar-refractivity contribution in [2.75, 3.05) is 6.54 Å². The van der Waals surface area contributed by atoms with E-state index < -0.39 is 30.9 Å². The summed E-state index contributed by atoms with van der Waals surface area (Å²) in [4.78, 5) is 21.7. The number of carboxylic acid groups (broad SMARTS) is 1. The van der Waals surface area contributed by atoms with Gasteiger partial charge in [-0.05, 0) is 19.8 Å². The molecule has 0 saturated carbocycles. The highest BCUT2D eigenvalue weighted by Crippen LogP contribution is 2.09. The van der Waals surface area contributed by atoms with E-state index in [-0.39, 0.29) is 6.04 Å². The van der Waals surface area contributed by atoms with Crippen LogP contribution in [0.25, 0.3) is 0 Å². The van der Waals surface area contributed by atoms with E-state index in [0.29, 0.717) is 19.3 Å². The van der Waals surface area contributed by atoms with Gasteiger partial charge in [-0.1, -0.05) is 13.3 Å². The highest BCUT2D eigenvalue weighted by atomic mass is 19.3. The lowest BCUT2D eigenvalue weighted by Gasteiger charge is -2.15. The number of carboxylic acids is 1.